The van der Waals surface area contributed by atoms with Gasteiger partial charge < -0.3 is 9.84 Å². The van der Waals surface area contributed by atoms with Crippen LogP contribution in [-0.4, -0.2) is 11.1 Å². The Balaban J connectivity index is 1.80. The zero-order valence-electron chi connectivity index (χ0n) is 20.2. The zero-order chi connectivity index (χ0) is 24.5. The molecule has 178 valence electrons. The molecule has 0 aliphatic heterocycles. The van der Waals surface area contributed by atoms with E-state index in [-0.39, 0.29) is 19.0 Å². The largest absolute Gasteiger partial charge is 0.457 e. The minimum Gasteiger partial charge on any atom is -0.457 e. The van der Waals surface area contributed by atoms with Crippen LogP contribution in [-0.2, 0) is 29.2 Å². The SMILES string of the molecule is C/C=C(\C)C(=O)OCc1cc(-c2ccc(-c3ccc(CCCCC)cc3)cc2F)ccc1CO. The maximum Gasteiger partial charge on any atom is 0.333 e. The Hall–Kier alpha value is -3.24. The number of aryl methyl sites for hydroxylation is 1. The fourth-order valence-corrected chi connectivity index (χ4v) is 3.83. The van der Waals surface area contributed by atoms with E-state index < -0.39 is 5.97 Å². The zero-order valence-corrected chi connectivity index (χ0v) is 20.2. The third-order valence-corrected chi connectivity index (χ3v) is 6.13. The minimum atomic E-state index is -0.413. The molecular weight excluding hydrogens is 427 g/mol. The minimum absolute atomic E-state index is 0.0120. The second kappa shape index (κ2) is 12.3. The van der Waals surface area contributed by atoms with Crippen LogP contribution in [0.3, 0.4) is 0 Å². The molecule has 34 heavy (non-hydrogen) atoms. The van der Waals surface area contributed by atoms with E-state index >= 15 is 4.39 Å². The summed E-state index contributed by atoms with van der Waals surface area (Å²) in [6.07, 6.45) is 6.37. The van der Waals surface area contributed by atoms with Crippen molar-refractivity contribution in [2.24, 2.45) is 0 Å². The molecule has 0 aliphatic carbocycles. The van der Waals surface area contributed by atoms with E-state index in [1.165, 1.54) is 24.8 Å². The van der Waals surface area contributed by atoms with Crippen LogP contribution in [0, 0.1) is 5.82 Å². The van der Waals surface area contributed by atoms with Gasteiger partial charge in [0.05, 0.1) is 6.61 Å². The molecule has 3 nitrogen and oxygen atoms in total. The van der Waals surface area contributed by atoms with Crippen molar-refractivity contribution in [3.63, 3.8) is 0 Å². The van der Waals surface area contributed by atoms with Crippen molar-refractivity contribution in [2.75, 3.05) is 0 Å². The van der Waals surface area contributed by atoms with Crippen molar-refractivity contribution in [2.45, 2.75) is 59.7 Å². The number of ether oxygens (including phenoxy) is 1. The van der Waals surface area contributed by atoms with E-state index in [0.717, 1.165) is 17.5 Å². The highest BCUT2D eigenvalue weighted by molar-refractivity contribution is 5.87. The van der Waals surface area contributed by atoms with Crippen molar-refractivity contribution in [1.29, 1.82) is 0 Å². The molecule has 3 aromatic rings. The Labute approximate surface area is 201 Å². The second-order valence-corrected chi connectivity index (χ2v) is 8.54. The van der Waals surface area contributed by atoms with Crippen LogP contribution < -0.4 is 0 Å². The highest BCUT2D eigenvalue weighted by Gasteiger charge is 2.12. The first-order valence-electron chi connectivity index (χ1n) is 11.9. The summed E-state index contributed by atoms with van der Waals surface area (Å²) in [5.41, 5.74) is 6.04. The number of esters is 1. The van der Waals surface area contributed by atoms with Crippen molar-refractivity contribution in [3.05, 3.63) is 94.8 Å². The lowest BCUT2D eigenvalue weighted by atomic mass is 9.96. The first-order chi connectivity index (χ1) is 16.5. The van der Waals surface area contributed by atoms with Crippen molar-refractivity contribution in [1.82, 2.24) is 0 Å². The van der Waals surface area contributed by atoms with Crippen molar-refractivity contribution >= 4 is 5.97 Å². The molecule has 0 fully saturated rings. The number of unbranched alkanes of at least 4 members (excludes halogenated alkanes) is 2. The highest BCUT2D eigenvalue weighted by Crippen LogP contribution is 2.30. The number of rotatable bonds is 10. The molecule has 4 heteroatoms. The van der Waals surface area contributed by atoms with Crippen LogP contribution in [0.4, 0.5) is 4.39 Å². The molecule has 3 rings (SSSR count). The molecular formula is C30H33FO3. The average molecular weight is 461 g/mol. The average Bonchev–Trinajstić information content (AvgIpc) is 2.87. The number of benzene rings is 3. The van der Waals surface area contributed by atoms with Gasteiger partial charge in [0.25, 0.3) is 0 Å². The van der Waals surface area contributed by atoms with Crippen molar-refractivity contribution in [3.8, 4) is 22.3 Å². The lowest BCUT2D eigenvalue weighted by Gasteiger charge is -2.13. The topological polar surface area (TPSA) is 46.5 Å². The van der Waals surface area contributed by atoms with E-state index in [2.05, 4.69) is 19.1 Å². The third-order valence-electron chi connectivity index (χ3n) is 6.13. The third kappa shape index (κ3) is 6.42. The van der Waals surface area contributed by atoms with Gasteiger partial charge in [0.1, 0.15) is 12.4 Å². The molecule has 0 unspecified atom stereocenters. The molecule has 0 spiro atoms. The summed E-state index contributed by atoms with van der Waals surface area (Å²) >= 11 is 0. The quantitative estimate of drug-likeness (QED) is 0.195. The first-order valence-corrected chi connectivity index (χ1v) is 11.9. The molecule has 0 amide bonds. The Bertz CT molecular complexity index is 1150. The molecule has 0 heterocycles. The Morgan fingerprint density at radius 2 is 1.65 bits per heavy atom. The van der Waals surface area contributed by atoms with Gasteiger partial charge in [0.2, 0.25) is 0 Å². The summed E-state index contributed by atoms with van der Waals surface area (Å²) in [5.74, 6) is -0.738. The van der Waals surface area contributed by atoms with Gasteiger partial charge in [-0.25, -0.2) is 9.18 Å². The number of carbonyl (C=O) groups is 1. The lowest BCUT2D eigenvalue weighted by molar-refractivity contribution is -0.140. The molecule has 0 saturated carbocycles. The fourth-order valence-electron chi connectivity index (χ4n) is 3.83. The number of hydrogen-bond donors (Lipinski definition) is 1. The van der Waals surface area contributed by atoms with Gasteiger partial charge in [-0.3, -0.25) is 0 Å². The molecule has 0 bridgehead atoms. The van der Waals surface area contributed by atoms with E-state index in [9.17, 15) is 9.90 Å². The number of allylic oxidation sites excluding steroid dienone is 1. The van der Waals surface area contributed by atoms with Gasteiger partial charge in [0.15, 0.2) is 0 Å². The molecule has 0 saturated heterocycles. The summed E-state index contributed by atoms with van der Waals surface area (Å²) in [4.78, 5) is 12.0. The summed E-state index contributed by atoms with van der Waals surface area (Å²) in [7, 11) is 0. The van der Waals surface area contributed by atoms with Gasteiger partial charge in [-0.15, -0.1) is 0 Å². The number of carbonyl (C=O) groups excluding carboxylic acids is 1. The Morgan fingerprint density at radius 3 is 2.29 bits per heavy atom. The Kier molecular flexibility index (Phi) is 9.17. The number of aliphatic hydroxyl groups is 1. The fraction of sp³-hybridized carbons (Fsp3) is 0.300. The smallest absolute Gasteiger partial charge is 0.333 e. The van der Waals surface area contributed by atoms with Gasteiger partial charge in [-0.05, 0) is 72.2 Å². The van der Waals surface area contributed by atoms with Gasteiger partial charge in [-0.1, -0.05) is 74.4 Å². The van der Waals surface area contributed by atoms with E-state index in [1.807, 2.05) is 18.2 Å². The predicted octanol–water partition coefficient (Wildman–Crippen LogP) is 7.39. The predicted molar refractivity (Wildman–Crippen MR) is 136 cm³/mol. The van der Waals surface area contributed by atoms with Crippen LogP contribution in [0.15, 0.2) is 72.3 Å². The van der Waals surface area contributed by atoms with Crippen LogP contribution in [0.25, 0.3) is 22.3 Å². The monoisotopic (exact) mass is 460 g/mol. The first kappa shape index (κ1) is 25.4. The molecule has 0 radical (unpaired) electrons. The van der Waals surface area contributed by atoms with Gasteiger partial charge in [0, 0.05) is 11.1 Å². The molecule has 0 aromatic heterocycles. The molecule has 1 N–H and O–H groups in total. The summed E-state index contributed by atoms with van der Waals surface area (Å²) in [6.45, 7) is 5.47. The molecule has 0 atom stereocenters. The van der Waals surface area contributed by atoms with Gasteiger partial charge >= 0.3 is 5.97 Å². The molecule has 3 aromatic carbocycles. The van der Waals surface area contributed by atoms with Crippen molar-refractivity contribution < 1.29 is 19.0 Å². The number of aliphatic hydroxyl groups excluding tert-OH is 1. The standard InChI is InChI=1S/C30H33FO3/c1-4-6-7-8-22-9-11-23(12-10-22)24-15-16-28(29(31)18-24)25-13-14-26(19-32)27(17-25)20-34-30(33)21(3)5-2/h5,9-18,32H,4,6-8,19-20H2,1-3H3/b21-5+. The van der Waals surface area contributed by atoms with Crippen LogP contribution in [0.5, 0.6) is 0 Å². The van der Waals surface area contributed by atoms with E-state index in [1.54, 1.807) is 50.3 Å². The van der Waals surface area contributed by atoms with Crippen LogP contribution in [0.1, 0.15) is 56.7 Å². The number of halogens is 1. The Morgan fingerprint density at radius 1 is 0.941 bits per heavy atom. The maximum atomic E-state index is 15.1. The maximum absolute atomic E-state index is 15.1. The molecule has 0 aliphatic rings. The van der Waals surface area contributed by atoms with Crippen LogP contribution >= 0.6 is 0 Å². The van der Waals surface area contributed by atoms with E-state index in [0.29, 0.717) is 27.8 Å². The van der Waals surface area contributed by atoms with E-state index in [4.69, 9.17) is 4.74 Å². The lowest BCUT2D eigenvalue weighted by Crippen LogP contribution is -2.07. The van der Waals surface area contributed by atoms with Gasteiger partial charge in [-0.2, -0.15) is 0 Å². The number of hydrogen-bond acceptors (Lipinski definition) is 3. The summed E-state index contributed by atoms with van der Waals surface area (Å²) in [6, 6.07) is 18.9. The summed E-state index contributed by atoms with van der Waals surface area (Å²) in [5, 5.41) is 9.67. The normalized spacial score (nSPS) is 11.5. The second-order valence-electron chi connectivity index (χ2n) is 8.54. The van der Waals surface area contributed by atoms with Crippen LogP contribution in [0.2, 0.25) is 0 Å². The highest BCUT2D eigenvalue weighted by atomic mass is 19.1. The summed E-state index contributed by atoms with van der Waals surface area (Å²) < 4.78 is 20.5.